The van der Waals surface area contributed by atoms with Crippen molar-refractivity contribution < 1.29 is 14.3 Å². The van der Waals surface area contributed by atoms with Crippen molar-refractivity contribution in [2.75, 3.05) is 13.7 Å². The summed E-state index contributed by atoms with van der Waals surface area (Å²) in [4.78, 5) is 11.3. The first-order valence-electron chi connectivity index (χ1n) is 5.64. The summed E-state index contributed by atoms with van der Waals surface area (Å²) in [7, 11) is 1.62. The van der Waals surface area contributed by atoms with Crippen LogP contribution >= 0.6 is 12.4 Å². The maximum Gasteiger partial charge on any atom is 0.307 e. The van der Waals surface area contributed by atoms with E-state index in [4.69, 9.17) is 15.2 Å². The molecule has 0 fully saturated rings. The quantitative estimate of drug-likeness (QED) is 0.837. The lowest BCUT2D eigenvalue weighted by Crippen LogP contribution is -2.18. The fourth-order valence-electron chi connectivity index (χ4n) is 1.70. The number of rotatable bonds is 5. The van der Waals surface area contributed by atoms with Gasteiger partial charge in [0.25, 0.3) is 0 Å². The lowest BCUT2D eigenvalue weighted by Gasteiger charge is -2.14. The van der Waals surface area contributed by atoms with Gasteiger partial charge in [0, 0.05) is 6.04 Å². The van der Waals surface area contributed by atoms with E-state index in [9.17, 15) is 4.79 Å². The summed E-state index contributed by atoms with van der Waals surface area (Å²) in [6.45, 7) is 4.11. The van der Waals surface area contributed by atoms with Gasteiger partial charge in [-0.3, -0.25) is 4.79 Å². The van der Waals surface area contributed by atoms with Gasteiger partial charge in [0.1, 0.15) is 5.75 Å². The molecule has 1 atom stereocenters. The van der Waals surface area contributed by atoms with Gasteiger partial charge in [-0.25, -0.2) is 0 Å². The van der Waals surface area contributed by atoms with E-state index in [1.54, 1.807) is 14.0 Å². The van der Waals surface area contributed by atoms with Gasteiger partial charge in [0.15, 0.2) is 0 Å². The molecule has 0 amide bonds. The Morgan fingerprint density at radius 1 is 1.44 bits per heavy atom. The zero-order valence-corrected chi connectivity index (χ0v) is 11.8. The molecule has 0 spiro atoms. The number of carbonyl (C=O) groups is 1. The highest BCUT2D eigenvalue weighted by Gasteiger charge is 2.14. The average molecular weight is 274 g/mol. The lowest BCUT2D eigenvalue weighted by molar-refractivity contribution is -0.143. The molecule has 0 saturated heterocycles. The van der Waals surface area contributed by atoms with Crippen LogP contribution in [-0.4, -0.2) is 19.7 Å². The van der Waals surface area contributed by atoms with Crippen LogP contribution in [0.4, 0.5) is 0 Å². The summed E-state index contributed by atoms with van der Waals surface area (Å²) in [5.41, 5.74) is 7.94. The van der Waals surface area contributed by atoms with Crippen LogP contribution in [0.3, 0.4) is 0 Å². The smallest absolute Gasteiger partial charge is 0.307 e. The van der Waals surface area contributed by atoms with Gasteiger partial charge in [0.05, 0.1) is 20.1 Å². The van der Waals surface area contributed by atoms with Crippen LogP contribution in [0.15, 0.2) is 18.2 Å². The Labute approximate surface area is 114 Å². The van der Waals surface area contributed by atoms with Gasteiger partial charge in [0.2, 0.25) is 0 Å². The number of hydrogen-bond donors (Lipinski definition) is 1. The molecule has 0 aliphatic rings. The second kappa shape index (κ2) is 7.95. The highest BCUT2D eigenvalue weighted by Crippen LogP contribution is 2.23. The Morgan fingerprint density at radius 2 is 2.11 bits per heavy atom. The summed E-state index contributed by atoms with van der Waals surface area (Å²) in [6, 6.07) is 5.30. The minimum Gasteiger partial charge on any atom is -0.497 e. The van der Waals surface area contributed by atoms with Gasteiger partial charge in [-0.2, -0.15) is 0 Å². The van der Waals surface area contributed by atoms with Crippen LogP contribution in [0.25, 0.3) is 0 Å². The third-order valence-electron chi connectivity index (χ3n) is 2.57. The first-order chi connectivity index (χ1) is 8.08. The van der Waals surface area contributed by atoms with Crippen LogP contribution in [0.1, 0.15) is 30.5 Å². The van der Waals surface area contributed by atoms with Crippen LogP contribution < -0.4 is 10.5 Å². The molecule has 1 aromatic carbocycles. The van der Waals surface area contributed by atoms with E-state index in [-0.39, 0.29) is 30.8 Å². The predicted molar refractivity (Wildman–Crippen MR) is 73.2 cm³/mol. The number of ether oxygens (including phenoxy) is 2. The first-order valence-corrected chi connectivity index (χ1v) is 5.64. The molecular weight excluding hydrogens is 254 g/mol. The maximum absolute atomic E-state index is 11.3. The van der Waals surface area contributed by atoms with Crippen molar-refractivity contribution in [3.8, 4) is 5.75 Å². The second-order valence-electron chi connectivity index (χ2n) is 3.84. The topological polar surface area (TPSA) is 61.5 Å². The van der Waals surface area contributed by atoms with Crippen molar-refractivity contribution in [3.05, 3.63) is 29.3 Å². The molecule has 0 heterocycles. The van der Waals surface area contributed by atoms with Gasteiger partial charge in [-0.05, 0) is 37.1 Å². The molecule has 18 heavy (non-hydrogen) atoms. The first kappa shape index (κ1) is 16.7. The Balaban J connectivity index is 0.00000289. The van der Waals surface area contributed by atoms with Gasteiger partial charge in [-0.15, -0.1) is 12.4 Å². The number of esters is 1. The fourth-order valence-corrected chi connectivity index (χ4v) is 1.70. The molecule has 1 aromatic rings. The van der Waals surface area contributed by atoms with E-state index in [1.807, 2.05) is 25.1 Å². The van der Waals surface area contributed by atoms with E-state index in [1.165, 1.54) is 0 Å². The summed E-state index contributed by atoms with van der Waals surface area (Å²) in [5.74, 6) is 0.518. The lowest BCUT2D eigenvalue weighted by atomic mass is 9.99. The third-order valence-corrected chi connectivity index (χ3v) is 2.57. The molecule has 0 radical (unpaired) electrons. The molecule has 2 N–H and O–H groups in total. The average Bonchev–Trinajstić information content (AvgIpc) is 2.28. The predicted octanol–water partition coefficient (Wildman–Crippen LogP) is 2.38. The maximum atomic E-state index is 11.3. The summed E-state index contributed by atoms with van der Waals surface area (Å²) < 4.78 is 9.99. The number of benzene rings is 1. The van der Waals surface area contributed by atoms with Crippen molar-refractivity contribution in [1.82, 2.24) is 0 Å². The molecule has 1 rings (SSSR count). The van der Waals surface area contributed by atoms with E-state index in [2.05, 4.69) is 0 Å². The minimum absolute atomic E-state index is 0. The van der Waals surface area contributed by atoms with Crippen LogP contribution in [0.5, 0.6) is 5.75 Å². The molecule has 0 unspecified atom stereocenters. The number of methoxy groups -OCH3 is 1. The van der Waals surface area contributed by atoms with Crippen LogP contribution in [0, 0.1) is 6.92 Å². The fraction of sp³-hybridized carbons (Fsp3) is 0.462. The summed E-state index contributed by atoms with van der Waals surface area (Å²) in [5, 5.41) is 0. The van der Waals surface area contributed by atoms with Crippen molar-refractivity contribution in [1.29, 1.82) is 0 Å². The molecule has 0 bridgehead atoms. The van der Waals surface area contributed by atoms with Crippen molar-refractivity contribution in [3.63, 3.8) is 0 Å². The van der Waals surface area contributed by atoms with E-state index in [0.717, 1.165) is 16.9 Å². The molecular formula is C13H20ClNO3. The molecule has 0 aliphatic carbocycles. The van der Waals surface area contributed by atoms with E-state index in [0.29, 0.717) is 6.61 Å². The van der Waals surface area contributed by atoms with Crippen molar-refractivity contribution >= 4 is 18.4 Å². The molecule has 0 aromatic heterocycles. The molecule has 5 heteroatoms. The largest absolute Gasteiger partial charge is 0.497 e. The van der Waals surface area contributed by atoms with Gasteiger partial charge < -0.3 is 15.2 Å². The van der Waals surface area contributed by atoms with Crippen molar-refractivity contribution in [2.24, 2.45) is 5.73 Å². The zero-order valence-electron chi connectivity index (χ0n) is 10.9. The summed E-state index contributed by atoms with van der Waals surface area (Å²) in [6.07, 6.45) is 0.195. The number of halogens is 1. The van der Waals surface area contributed by atoms with E-state index >= 15 is 0 Å². The molecule has 102 valence electrons. The van der Waals surface area contributed by atoms with E-state index < -0.39 is 0 Å². The van der Waals surface area contributed by atoms with Gasteiger partial charge in [-0.1, -0.05) is 6.07 Å². The Morgan fingerprint density at radius 3 is 2.61 bits per heavy atom. The Kier molecular flexibility index (Phi) is 7.39. The Bertz CT molecular complexity index is 396. The van der Waals surface area contributed by atoms with Gasteiger partial charge >= 0.3 is 5.97 Å². The number of nitrogens with two attached hydrogens (primary N) is 1. The normalized spacial score (nSPS) is 11.3. The SMILES string of the molecule is CCOC(=O)C[C@@H](N)c1ccc(OC)cc1C.Cl. The molecule has 0 saturated carbocycles. The number of carbonyl (C=O) groups excluding carboxylic acids is 1. The van der Waals surface area contributed by atoms with Crippen LogP contribution in [-0.2, 0) is 9.53 Å². The zero-order chi connectivity index (χ0) is 12.8. The second-order valence-corrected chi connectivity index (χ2v) is 3.84. The third kappa shape index (κ3) is 4.55. The van der Waals surface area contributed by atoms with Crippen molar-refractivity contribution in [2.45, 2.75) is 26.3 Å². The number of aryl methyl sites for hydroxylation is 1. The highest BCUT2D eigenvalue weighted by atomic mass is 35.5. The highest BCUT2D eigenvalue weighted by molar-refractivity contribution is 5.85. The molecule has 4 nitrogen and oxygen atoms in total. The standard InChI is InChI=1S/C13H19NO3.ClH/c1-4-17-13(15)8-12(14)11-6-5-10(16-3)7-9(11)2;/h5-7,12H,4,8,14H2,1-3H3;1H/t12-;/m1./s1. The molecule has 0 aliphatic heterocycles. The monoisotopic (exact) mass is 273 g/mol. The minimum atomic E-state index is -0.333. The summed E-state index contributed by atoms with van der Waals surface area (Å²) >= 11 is 0. The Hall–Kier alpha value is -1.26. The van der Waals surface area contributed by atoms with Crippen LogP contribution in [0.2, 0.25) is 0 Å². The number of hydrogen-bond acceptors (Lipinski definition) is 4.